The van der Waals surface area contributed by atoms with E-state index < -0.39 is 28.1 Å². The minimum atomic E-state index is -3.97. The Morgan fingerprint density at radius 2 is 1.86 bits per heavy atom. The van der Waals surface area contributed by atoms with Gasteiger partial charge >= 0.3 is 6.09 Å². The van der Waals surface area contributed by atoms with Crippen molar-refractivity contribution in [3.63, 3.8) is 0 Å². The number of benzene rings is 1. The second-order valence-electron chi connectivity index (χ2n) is 7.61. The first-order valence-electron chi connectivity index (χ1n) is 9.32. The molecule has 1 heterocycles. The summed E-state index contributed by atoms with van der Waals surface area (Å²) in [5, 5.41) is 9.40. The van der Waals surface area contributed by atoms with Crippen LogP contribution in [0.25, 0.3) is 0 Å². The number of rotatable bonds is 6. The van der Waals surface area contributed by atoms with Gasteiger partial charge in [0.25, 0.3) is 5.91 Å². The fraction of sp³-hybridized carbons (Fsp3) is 0.500. The molecule has 1 N–H and O–H groups in total. The molecule has 1 aromatic carbocycles. The van der Waals surface area contributed by atoms with E-state index in [1.54, 1.807) is 25.1 Å². The van der Waals surface area contributed by atoms with Gasteiger partial charge < -0.3 is 5.11 Å². The first-order valence-corrected chi connectivity index (χ1v) is 10.8. The number of carboxylic acid groups (broad SMARTS) is 1. The van der Waals surface area contributed by atoms with Crippen LogP contribution >= 0.6 is 0 Å². The second-order valence-corrected chi connectivity index (χ2v) is 9.50. The van der Waals surface area contributed by atoms with Crippen LogP contribution in [-0.4, -0.2) is 53.9 Å². The summed E-state index contributed by atoms with van der Waals surface area (Å²) < 4.78 is 27.9. The SMILES string of the molecule is CC1=CCN(C(=O)O)C(=O)[C@@H](N(CCC(C)C)S(=O)(=O)c2ccc(C)cc2)C1. The minimum Gasteiger partial charge on any atom is -0.465 e. The molecule has 0 bridgehead atoms. The van der Waals surface area contributed by atoms with Crippen LogP contribution in [0.4, 0.5) is 4.79 Å². The predicted molar refractivity (Wildman–Crippen MR) is 106 cm³/mol. The van der Waals surface area contributed by atoms with Gasteiger partial charge in [0, 0.05) is 6.54 Å². The van der Waals surface area contributed by atoms with E-state index in [1.165, 1.54) is 16.4 Å². The summed E-state index contributed by atoms with van der Waals surface area (Å²) in [6.07, 6.45) is 1.01. The van der Waals surface area contributed by atoms with E-state index in [-0.39, 0.29) is 30.3 Å². The zero-order chi connectivity index (χ0) is 21.1. The lowest BCUT2D eigenvalue weighted by Crippen LogP contribution is -2.52. The van der Waals surface area contributed by atoms with Crippen LogP contribution in [0, 0.1) is 12.8 Å². The van der Waals surface area contributed by atoms with Gasteiger partial charge in [-0.05, 0) is 44.7 Å². The van der Waals surface area contributed by atoms with Gasteiger partial charge in [-0.25, -0.2) is 18.1 Å². The molecule has 0 saturated heterocycles. The molecule has 1 aliphatic rings. The lowest BCUT2D eigenvalue weighted by molar-refractivity contribution is -0.132. The zero-order valence-corrected chi connectivity index (χ0v) is 17.6. The monoisotopic (exact) mass is 408 g/mol. The predicted octanol–water partition coefficient (Wildman–Crippen LogP) is 3.26. The Kier molecular flexibility index (Phi) is 7.01. The van der Waals surface area contributed by atoms with Gasteiger partial charge in [0.05, 0.1) is 11.4 Å². The summed E-state index contributed by atoms with van der Waals surface area (Å²) in [5.41, 5.74) is 1.71. The molecule has 0 aromatic heterocycles. The average molecular weight is 409 g/mol. The van der Waals surface area contributed by atoms with Gasteiger partial charge in [-0.2, -0.15) is 4.31 Å². The summed E-state index contributed by atoms with van der Waals surface area (Å²) >= 11 is 0. The maximum Gasteiger partial charge on any atom is 0.414 e. The van der Waals surface area contributed by atoms with Gasteiger partial charge in [0.2, 0.25) is 10.0 Å². The highest BCUT2D eigenvalue weighted by Crippen LogP contribution is 2.26. The van der Waals surface area contributed by atoms with Crippen LogP contribution in [0.3, 0.4) is 0 Å². The van der Waals surface area contributed by atoms with Crippen molar-refractivity contribution in [2.75, 3.05) is 13.1 Å². The fourth-order valence-electron chi connectivity index (χ4n) is 3.06. The van der Waals surface area contributed by atoms with Gasteiger partial charge in [-0.15, -0.1) is 0 Å². The number of nitrogens with zero attached hydrogens (tertiary/aromatic N) is 2. The molecule has 0 radical (unpaired) electrons. The quantitative estimate of drug-likeness (QED) is 0.729. The summed E-state index contributed by atoms with van der Waals surface area (Å²) in [6.45, 7) is 7.66. The molecule has 28 heavy (non-hydrogen) atoms. The van der Waals surface area contributed by atoms with Crippen molar-refractivity contribution in [3.05, 3.63) is 41.5 Å². The maximum absolute atomic E-state index is 13.4. The highest BCUT2D eigenvalue weighted by molar-refractivity contribution is 7.89. The molecule has 2 rings (SSSR count). The van der Waals surface area contributed by atoms with Crippen molar-refractivity contribution in [2.45, 2.75) is 51.5 Å². The molecule has 0 unspecified atom stereocenters. The first kappa shape index (κ1) is 22.1. The smallest absolute Gasteiger partial charge is 0.414 e. The summed E-state index contributed by atoms with van der Waals surface area (Å²) in [5.74, 6) is -0.483. The van der Waals surface area contributed by atoms with E-state index in [2.05, 4.69) is 0 Å². The number of sulfonamides is 1. The molecule has 0 aliphatic carbocycles. The normalized spacial score (nSPS) is 18.4. The topological polar surface area (TPSA) is 95.0 Å². The fourth-order valence-corrected chi connectivity index (χ4v) is 4.66. The van der Waals surface area contributed by atoms with E-state index in [0.29, 0.717) is 11.3 Å². The molecule has 0 fully saturated rings. The molecule has 7 nitrogen and oxygen atoms in total. The number of hydrogen-bond donors (Lipinski definition) is 1. The van der Waals surface area contributed by atoms with Gasteiger partial charge in [-0.3, -0.25) is 4.79 Å². The van der Waals surface area contributed by atoms with Crippen LogP contribution in [0.1, 0.15) is 39.2 Å². The van der Waals surface area contributed by atoms with Crippen LogP contribution in [0.5, 0.6) is 0 Å². The Balaban J connectivity index is 2.51. The second kappa shape index (κ2) is 8.87. The highest BCUT2D eigenvalue weighted by atomic mass is 32.2. The standard InChI is InChI=1S/C20H28N2O5S/c1-14(2)9-12-22(28(26,27)17-7-5-15(3)6-8-17)18-13-16(4)10-11-21(19(18)23)20(24)25/h5-8,10,14,18H,9,11-13H2,1-4H3,(H,24,25)/t18-/m0/s1. The summed E-state index contributed by atoms with van der Waals surface area (Å²) in [7, 11) is -3.97. The van der Waals surface area contributed by atoms with E-state index in [4.69, 9.17) is 0 Å². The van der Waals surface area contributed by atoms with Crippen molar-refractivity contribution in [3.8, 4) is 0 Å². The first-order chi connectivity index (χ1) is 13.0. The highest BCUT2D eigenvalue weighted by Gasteiger charge is 2.40. The van der Waals surface area contributed by atoms with Crippen LogP contribution < -0.4 is 0 Å². The third-order valence-electron chi connectivity index (χ3n) is 4.82. The number of imide groups is 1. The van der Waals surface area contributed by atoms with Gasteiger partial charge in [-0.1, -0.05) is 43.2 Å². The molecule has 0 saturated carbocycles. The molecule has 0 spiro atoms. The van der Waals surface area contributed by atoms with Crippen molar-refractivity contribution in [1.82, 2.24) is 9.21 Å². The molecule has 1 atom stereocenters. The molecule has 1 aromatic rings. The summed E-state index contributed by atoms with van der Waals surface area (Å²) in [6, 6.07) is 5.37. The molecule has 8 heteroatoms. The van der Waals surface area contributed by atoms with E-state index >= 15 is 0 Å². The lowest BCUT2D eigenvalue weighted by Gasteiger charge is -2.31. The number of amides is 2. The minimum absolute atomic E-state index is 0.0703. The Morgan fingerprint density at radius 3 is 2.39 bits per heavy atom. The molecular weight excluding hydrogens is 380 g/mol. The van der Waals surface area contributed by atoms with E-state index in [0.717, 1.165) is 11.1 Å². The number of carbonyl (C=O) groups excluding carboxylic acids is 1. The number of aryl methyl sites for hydroxylation is 1. The zero-order valence-electron chi connectivity index (χ0n) is 16.8. The van der Waals surface area contributed by atoms with Crippen molar-refractivity contribution < 1.29 is 23.1 Å². The maximum atomic E-state index is 13.4. The van der Waals surface area contributed by atoms with E-state index in [1.807, 2.05) is 20.8 Å². The van der Waals surface area contributed by atoms with Crippen LogP contribution in [0.2, 0.25) is 0 Å². The van der Waals surface area contributed by atoms with E-state index in [9.17, 15) is 23.1 Å². The molecule has 2 amide bonds. The van der Waals surface area contributed by atoms with Crippen LogP contribution in [0.15, 0.2) is 40.8 Å². The average Bonchev–Trinajstić information content (AvgIpc) is 2.74. The van der Waals surface area contributed by atoms with Crippen molar-refractivity contribution in [1.29, 1.82) is 0 Å². The molecule has 1 aliphatic heterocycles. The lowest BCUT2D eigenvalue weighted by atomic mass is 10.1. The number of hydrogen-bond acceptors (Lipinski definition) is 4. The largest absolute Gasteiger partial charge is 0.465 e. The van der Waals surface area contributed by atoms with Crippen molar-refractivity contribution in [2.24, 2.45) is 5.92 Å². The van der Waals surface area contributed by atoms with Gasteiger partial charge in [0.1, 0.15) is 6.04 Å². The molecular formula is C20H28N2O5S. The Morgan fingerprint density at radius 1 is 1.25 bits per heavy atom. The Hall–Kier alpha value is -2.19. The Labute approximate surface area is 166 Å². The van der Waals surface area contributed by atoms with Crippen molar-refractivity contribution >= 4 is 22.0 Å². The number of carbonyl (C=O) groups is 2. The molecule has 154 valence electrons. The van der Waals surface area contributed by atoms with Gasteiger partial charge in [0.15, 0.2) is 0 Å². The summed E-state index contributed by atoms with van der Waals surface area (Å²) in [4.78, 5) is 25.3. The van der Waals surface area contributed by atoms with Crippen LogP contribution in [-0.2, 0) is 14.8 Å². The third-order valence-corrected chi connectivity index (χ3v) is 6.74. The Bertz CT molecular complexity index is 859. The third kappa shape index (κ3) is 4.99.